The van der Waals surface area contributed by atoms with Gasteiger partial charge in [-0.2, -0.15) is 0 Å². The van der Waals surface area contributed by atoms with Crippen molar-refractivity contribution in [2.24, 2.45) is 0 Å². The molecule has 0 aromatic heterocycles. The van der Waals surface area contributed by atoms with Gasteiger partial charge in [0.05, 0.1) is 0 Å². The average molecular weight is 392 g/mol. The van der Waals surface area contributed by atoms with Crippen LogP contribution < -0.4 is 0 Å². The minimum atomic E-state index is 0.298. The predicted molar refractivity (Wildman–Crippen MR) is 122 cm³/mol. The Hall–Kier alpha value is -3.52. The van der Waals surface area contributed by atoms with Gasteiger partial charge in [0.2, 0.25) is 0 Å². The summed E-state index contributed by atoms with van der Waals surface area (Å²) in [6.45, 7) is 0. The highest BCUT2D eigenvalue weighted by Crippen LogP contribution is 2.32. The van der Waals surface area contributed by atoms with Gasteiger partial charge in [-0.25, -0.2) is 0 Å². The summed E-state index contributed by atoms with van der Waals surface area (Å²) in [4.78, 5) is 0. The number of aromatic hydroxyl groups is 2. The zero-order valence-electron chi connectivity index (χ0n) is 16.8. The van der Waals surface area contributed by atoms with E-state index < -0.39 is 0 Å². The van der Waals surface area contributed by atoms with Crippen LogP contribution in [0, 0.1) is 0 Å². The molecule has 2 nitrogen and oxygen atoms in total. The molecular weight excluding hydrogens is 368 g/mol. The fraction of sp³-hybridized carbons (Fsp3) is 0.143. The molecule has 8 rings (SSSR count). The molecule has 0 aliphatic heterocycles. The van der Waals surface area contributed by atoms with Gasteiger partial charge >= 0.3 is 0 Å². The zero-order valence-corrected chi connectivity index (χ0v) is 16.8. The van der Waals surface area contributed by atoms with Gasteiger partial charge in [0.1, 0.15) is 11.5 Å². The van der Waals surface area contributed by atoms with E-state index in [1.165, 1.54) is 33.4 Å². The average Bonchev–Trinajstić information content (AvgIpc) is 2.76. The zero-order chi connectivity index (χ0) is 20.5. The van der Waals surface area contributed by atoms with Crippen molar-refractivity contribution in [3.63, 3.8) is 0 Å². The van der Waals surface area contributed by atoms with Gasteiger partial charge in [0.25, 0.3) is 0 Å². The highest BCUT2D eigenvalue weighted by molar-refractivity contribution is 5.71. The van der Waals surface area contributed by atoms with E-state index in [4.69, 9.17) is 0 Å². The van der Waals surface area contributed by atoms with Gasteiger partial charge in [-0.1, -0.05) is 60.7 Å². The van der Waals surface area contributed by atoms with Gasteiger partial charge in [0.15, 0.2) is 0 Å². The molecule has 4 aliphatic carbocycles. The van der Waals surface area contributed by atoms with Crippen molar-refractivity contribution in [2.75, 3.05) is 0 Å². The summed E-state index contributed by atoms with van der Waals surface area (Å²) >= 11 is 0. The van der Waals surface area contributed by atoms with Crippen LogP contribution in [0.5, 0.6) is 11.5 Å². The van der Waals surface area contributed by atoms with Gasteiger partial charge in [-0.3, -0.25) is 0 Å². The fourth-order valence-corrected chi connectivity index (χ4v) is 4.37. The predicted octanol–water partition coefficient (Wildman–Crippen LogP) is 6.32. The van der Waals surface area contributed by atoms with Gasteiger partial charge in [-0.15, -0.1) is 0 Å². The summed E-state index contributed by atoms with van der Waals surface area (Å²) in [5.74, 6) is 0.597. The third kappa shape index (κ3) is 3.69. The largest absolute Gasteiger partial charge is 0.508 e. The van der Waals surface area contributed by atoms with Crippen LogP contribution in [-0.2, 0) is 25.7 Å². The molecule has 4 bridgehead atoms. The quantitative estimate of drug-likeness (QED) is 0.419. The number of phenolic OH excluding ortho intramolecular Hbond substituents is 2. The summed E-state index contributed by atoms with van der Waals surface area (Å²) in [5.41, 5.74) is 10.1. The first-order valence-electron chi connectivity index (χ1n) is 10.5. The maximum atomic E-state index is 9.66. The Morgan fingerprint density at radius 2 is 0.833 bits per heavy atom. The van der Waals surface area contributed by atoms with Crippen molar-refractivity contribution in [3.8, 4) is 33.8 Å². The maximum absolute atomic E-state index is 9.66. The van der Waals surface area contributed by atoms with Crippen molar-refractivity contribution in [1.29, 1.82) is 0 Å². The molecule has 4 aliphatic rings. The van der Waals surface area contributed by atoms with Crippen LogP contribution in [0.2, 0.25) is 0 Å². The van der Waals surface area contributed by atoms with E-state index in [1.807, 2.05) is 24.3 Å². The summed E-state index contributed by atoms with van der Waals surface area (Å²) in [6.07, 6.45) is 3.86. The molecule has 4 aromatic carbocycles. The van der Waals surface area contributed by atoms with Crippen LogP contribution in [0.15, 0.2) is 84.9 Å². The molecule has 0 spiro atoms. The number of phenols is 2. The summed E-state index contributed by atoms with van der Waals surface area (Å²) in [7, 11) is 0. The smallest absolute Gasteiger partial charge is 0.115 e. The Balaban J connectivity index is 1.55. The van der Waals surface area contributed by atoms with Gasteiger partial charge in [-0.05, 0) is 94.5 Å². The molecule has 2 N–H and O–H groups in total. The van der Waals surface area contributed by atoms with E-state index in [0.29, 0.717) is 11.5 Å². The van der Waals surface area contributed by atoms with Crippen LogP contribution >= 0.6 is 0 Å². The molecular formula is C28H24O2. The SMILES string of the molecule is Oc1ccc(-c2cc3ccc2CCc2ccc(c(-c4ccc(O)cc4)c2)CC3)cc1. The summed E-state index contributed by atoms with van der Waals surface area (Å²) in [5, 5.41) is 19.3. The van der Waals surface area contributed by atoms with Crippen LogP contribution in [0.4, 0.5) is 0 Å². The molecule has 30 heavy (non-hydrogen) atoms. The molecule has 148 valence electrons. The molecule has 0 unspecified atom stereocenters. The van der Waals surface area contributed by atoms with E-state index in [9.17, 15) is 10.2 Å². The lowest BCUT2D eigenvalue weighted by Crippen LogP contribution is -2.02. The van der Waals surface area contributed by atoms with E-state index in [-0.39, 0.29) is 0 Å². The second kappa shape index (κ2) is 7.72. The normalized spacial score (nSPS) is 13.1. The van der Waals surface area contributed by atoms with Crippen molar-refractivity contribution in [3.05, 3.63) is 107 Å². The van der Waals surface area contributed by atoms with Crippen LogP contribution in [0.1, 0.15) is 22.3 Å². The van der Waals surface area contributed by atoms with Gasteiger partial charge < -0.3 is 10.2 Å². The Morgan fingerprint density at radius 1 is 0.433 bits per heavy atom. The van der Waals surface area contributed by atoms with E-state index in [0.717, 1.165) is 36.8 Å². The molecule has 0 saturated carbocycles. The first-order valence-corrected chi connectivity index (χ1v) is 10.5. The third-order valence-corrected chi connectivity index (χ3v) is 6.07. The highest BCUT2D eigenvalue weighted by atomic mass is 16.3. The molecule has 0 atom stereocenters. The molecule has 0 fully saturated rings. The first-order chi connectivity index (χ1) is 14.7. The van der Waals surface area contributed by atoms with Crippen molar-refractivity contribution < 1.29 is 10.2 Å². The molecule has 4 aromatic rings. The number of rotatable bonds is 2. The second-order valence-corrected chi connectivity index (χ2v) is 8.08. The first kappa shape index (κ1) is 18.5. The lowest BCUT2D eigenvalue weighted by atomic mass is 9.88. The fourth-order valence-electron chi connectivity index (χ4n) is 4.37. The summed E-state index contributed by atoms with van der Waals surface area (Å²) in [6, 6.07) is 28.7. The Morgan fingerprint density at radius 3 is 1.23 bits per heavy atom. The van der Waals surface area contributed by atoms with E-state index >= 15 is 0 Å². The molecule has 0 radical (unpaired) electrons. The van der Waals surface area contributed by atoms with Crippen LogP contribution in [0.3, 0.4) is 0 Å². The number of hydrogen-bond donors (Lipinski definition) is 2. The lowest BCUT2D eigenvalue weighted by molar-refractivity contribution is 0.475. The van der Waals surface area contributed by atoms with E-state index in [1.54, 1.807) is 24.3 Å². The van der Waals surface area contributed by atoms with E-state index in [2.05, 4.69) is 36.4 Å². The van der Waals surface area contributed by atoms with Crippen LogP contribution in [-0.4, -0.2) is 10.2 Å². The minimum Gasteiger partial charge on any atom is -0.508 e. The Kier molecular flexibility index (Phi) is 4.76. The third-order valence-electron chi connectivity index (χ3n) is 6.07. The number of hydrogen-bond acceptors (Lipinski definition) is 2. The minimum absolute atomic E-state index is 0.298. The second-order valence-electron chi connectivity index (χ2n) is 8.08. The van der Waals surface area contributed by atoms with Crippen LogP contribution in [0.25, 0.3) is 22.3 Å². The Labute approximate surface area is 177 Å². The lowest BCUT2D eigenvalue weighted by Gasteiger charge is -2.17. The monoisotopic (exact) mass is 392 g/mol. The Bertz CT molecular complexity index is 1090. The number of aryl methyl sites for hydroxylation is 4. The highest BCUT2D eigenvalue weighted by Gasteiger charge is 2.13. The van der Waals surface area contributed by atoms with Gasteiger partial charge in [0, 0.05) is 0 Å². The maximum Gasteiger partial charge on any atom is 0.115 e. The van der Waals surface area contributed by atoms with Crippen molar-refractivity contribution in [1.82, 2.24) is 0 Å². The molecule has 0 amide bonds. The topological polar surface area (TPSA) is 40.5 Å². The molecule has 2 heteroatoms. The number of benzene rings is 4. The van der Waals surface area contributed by atoms with Crippen molar-refractivity contribution in [2.45, 2.75) is 25.7 Å². The summed E-state index contributed by atoms with van der Waals surface area (Å²) < 4.78 is 0. The molecule has 0 saturated heterocycles. The van der Waals surface area contributed by atoms with Crippen molar-refractivity contribution >= 4 is 0 Å². The molecule has 0 heterocycles. The standard InChI is InChI=1S/C28H24O2/c29-25-13-9-23(10-14-25)27-17-19-1-5-21(27)8-4-20-2-6-22(7-3-19)28(18-20)24-11-15-26(30)16-12-24/h1-2,5-6,9-18,29-30H,3-4,7-8H2.